The number of nitro groups is 1. The number of hydrogen-bond acceptors (Lipinski definition) is 3. The van der Waals surface area contributed by atoms with Gasteiger partial charge in [0.15, 0.2) is 0 Å². The van der Waals surface area contributed by atoms with Crippen LogP contribution in [0.15, 0.2) is 18.2 Å². The minimum Gasteiger partial charge on any atom is -0.324 e. The van der Waals surface area contributed by atoms with Crippen molar-refractivity contribution in [2.24, 2.45) is 5.73 Å². The van der Waals surface area contributed by atoms with Crippen LogP contribution in [0.3, 0.4) is 0 Å². The van der Waals surface area contributed by atoms with Gasteiger partial charge in [0.05, 0.1) is 4.92 Å². The van der Waals surface area contributed by atoms with Gasteiger partial charge in [-0.2, -0.15) is 0 Å². The minimum atomic E-state index is -0.360. The predicted molar refractivity (Wildman–Crippen MR) is 67.0 cm³/mol. The summed E-state index contributed by atoms with van der Waals surface area (Å²) in [5.74, 6) is 0. The van der Waals surface area contributed by atoms with Crippen molar-refractivity contribution >= 4 is 5.69 Å². The third-order valence-corrected chi connectivity index (χ3v) is 4.13. The molecule has 0 amide bonds. The van der Waals surface area contributed by atoms with Crippen molar-refractivity contribution in [3.63, 3.8) is 0 Å². The van der Waals surface area contributed by atoms with E-state index >= 15 is 0 Å². The Kier molecular flexibility index (Phi) is 2.51. The summed E-state index contributed by atoms with van der Waals surface area (Å²) >= 11 is 0. The molecule has 2 N–H and O–H groups in total. The van der Waals surface area contributed by atoms with Gasteiger partial charge < -0.3 is 5.73 Å². The molecule has 1 saturated carbocycles. The molecule has 0 unspecified atom stereocenters. The van der Waals surface area contributed by atoms with Crippen LogP contribution in [0.5, 0.6) is 0 Å². The number of para-hydroxylation sites is 1. The van der Waals surface area contributed by atoms with Gasteiger partial charge in [0.1, 0.15) is 0 Å². The summed E-state index contributed by atoms with van der Waals surface area (Å²) in [6.45, 7) is 5.78. The quantitative estimate of drug-likeness (QED) is 0.645. The van der Waals surface area contributed by atoms with E-state index in [1.165, 1.54) is 0 Å². The van der Waals surface area contributed by atoms with E-state index in [0.29, 0.717) is 5.56 Å². The lowest BCUT2D eigenvalue weighted by Gasteiger charge is -2.32. The van der Waals surface area contributed by atoms with Crippen molar-refractivity contribution in [1.82, 2.24) is 0 Å². The molecular formula is C13H18N2O2. The maximum Gasteiger partial charge on any atom is 0.276 e. The highest BCUT2D eigenvalue weighted by Gasteiger charge is 2.53. The number of nitrogens with two attached hydrogens (primary N) is 1. The fourth-order valence-electron chi connectivity index (χ4n) is 2.43. The Balaban J connectivity index is 2.59. The fraction of sp³-hybridized carbons (Fsp3) is 0.538. The second-order valence-corrected chi connectivity index (χ2v) is 5.51. The average molecular weight is 234 g/mol. The summed E-state index contributed by atoms with van der Waals surface area (Å²) in [4.78, 5) is 10.9. The molecule has 1 aromatic carbocycles. The van der Waals surface area contributed by atoms with E-state index in [0.717, 1.165) is 18.4 Å². The highest BCUT2D eigenvalue weighted by Crippen LogP contribution is 2.51. The first-order valence-electron chi connectivity index (χ1n) is 5.83. The lowest BCUT2D eigenvalue weighted by molar-refractivity contribution is -0.386. The third-order valence-electron chi connectivity index (χ3n) is 4.13. The number of aryl methyl sites for hydroxylation is 1. The van der Waals surface area contributed by atoms with E-state index in [4.69, 9.17) is 5.73 Å². The van der Waals surface area contributed by atoms with Crippen molar-refractivity contribution in [1.29, 1.82) is 0 Å². The van der Waals surface area contributed by atoms with Crippen LogP contribution in [0.1, 0.15) is 37.8 Å². The Morgan fingerprint density at radius 3 is 2.47 bits per heavy atom. The van der Waals surface area contributed by atoms with Gasteiger partial charge in [-0.25, -0.2) is 0 Å². The molecule has 0 spiro atoms. The molecule has 0 aliphatic heterocycles. The maximum atomic E-state index is 11.2. The van der Waals surface area contributed by atoms with Gasteiger partial charge in [0, 0.05) is 22.1 Å². The molecule has 0 atom stereocenters. The minimum absolute atomic E-state index is 0.217. The van der Waals surface area contributed by atoms with Gasteiger partial charge in [0.2, 0.25) is 0 Å². The topological polar surface area (TPSA) is 69.2 Å². The summed E-state index contributed by atoms with van der Waals surface area (Å²) in [6, 6.07) is 5.47. The van der Waals surface area contributed by atoms with Crippen LogP contribution in [0.4, 0.5) is 5.69 Å². The Morgan fingerprint density at radius 2 is 2.00 bits per heavy atom. The summed E-state index contributed by atoms with van der Waals surface area (Å²) in [7, 11) is 0. The summed E-state index contributed by atoms with van der Waals surface area (Å²) < 4.78 is 0. The van der Waals surface area contributed by atoms with E-state index in [2.05, 4.69) is 0 Å². The van der Waals surface area contributed by atoms with Crippen molar-refractivity contribution < 1.29 is 4.92 Å². The molecule has 0 bridgehead atoms. The number of nitro benzene ring substituents is 1. The van der Waals surface area contributed by atoms with Crippen LogP contribution in [-0.4, -0.2) is 10.5 Å². The zero-order valence-corrected chi connectivity index (χ0v) is 10.5. The summed E-state index contributed by atoms with van der Waals surface area (Å²) in [5.41, 5.74) is 7.28. The van der Waals surface area contributed by atoms with E-state index in [1.807, 2.05) is 26.0 Å². The summed E-state index contributed by atoms with van der Waals surface area (Å²) in [6.07, 6.45) is 1.87. The Hall–Kier alpha value is -1.42. The second-order valence-electron chi connectivity index (χ2n) is 5.51. The van der Waals surface area contributed by atoms with Gasteiger partial charge in [-0.05, 0) is 19.8 Å². The molecule has 4 heteroatoms. The molecule has 2 rings (SSSR count). The zero-order valence-electron chi connectivity index (χ0n) is 10.5. The standard InChI is InChI=1S/C13H18N2O2/c1-9-5-4-6-10(11(9)15(16)17)12(2,3)13(14)7-8-13/h4-6H,7-8,14H2,1-3H3. The van der Waals surface area contributed by atoms with Crippen LogP contribution in [0.25, 0.3) is 0 Å². The second kappa shape index (κ2) is 3.53. The largest absolute Gasteiger partial charge is 0.324 e. The Morgan fingerprint density at radius 1 is 1.41 bits per heavy atom. The van der Waals surface area contributed by atoms with E-state index in [-0.39, 0.29) is 21.6 Å². The lowest BCUT2D eigenvalue weighted by Crippen LogP contribution is -2.43. The fourth-order valence-corrected chi connectivity index (χ4v) is 2.43. The van der Waals surface area contributed by atoms with Crippen molar-refractivity contribution in [2.45, 2.75) is 44.6 Å². The zero-order chi connectivity index (χ0) is 12.8. The molecule has 1 fully saturated rings. The first-order chi connectivity index (χ1) is 7.79. The monoisotopic (exact) mass is 234 g/mol. The highest BCUT2D eigenvalue weighted by atomic mass is 16.6. The van der Waals surface area contributed by atoms with E-state index in [1.54, 1.807) is 13.0 Å². The van der Waals surface area contributed by atoms with Crippen molar-refractivity contribution in [2.75, 3.05) is 0 Å². The highest BCUT2D eigenvalue weighted by molar-refractivity contribution is 5.52. The molecule has 0 aromatic heterocycles. The molecule has 0 saturated heterocycles. The SMILES string of the molecule is Cc1cccc(C(C)(C)C2(N)CC2)c1[N+](=O)[O-]. The first-order valence-corrected chi connectivity index (χ1v) is 5.83. The first kappa shape index (κ1) is 12.0. The van der Waals surface area contributed by atoms with Gasteiger partial charge in [0.25, 0.3) is 5.69 Å². The van der Waals surface area contributed by atoms with Gasteiger partial charge in [-0.1, -0.05) is 32.0 Å². The predicted octanol–water partition coefficient (Wildman–Crippen LogP) is 2.67. The number of rotatable bonds is 3. The molecular weight excluding hydrogens is 216 g/mol. The molecule has 1 aliphatic carbocycles. The normalized spacial score (nSPS) is 17.9. The third kappa shape index (κ3) is 1.72. The van der Waals surface area contributed by atoms with E-state index in [9.17, 15) is 10.1 Å². The van der Waals surface area contributed by atoms with Crippen molar-refractivity contribution in [3.05, 3.63) is 39.4 Å². The van der Waals surface area contributed by atoms with Crippen LogP contribution >= 0.6 is 0 Å². The summed E-state index contributed by atoms with van der Waals surface area (Å²) in [5, 5.41) is 11.2. The number of benzene rings is 1. The molecule has 4 nitrogen and oxygen atoms in total. The number of nitrogens with zero attached hydrogens (tertiary/aromatic N) is 1. The van der Waals surface area contributed by atoms with E-state index < -0.39 is 0 Å². The maximum absolute atomic E-state index is 11.2. The van der Waals surface area contributed by atoms with Crippen molar-refractivity contribution in [3.8, 4) is 0 Å². The molecule has 0 heterocycles. The Bertz CT molecular complexity index is 476. The van der Waals surface area contributed by atoms with Crippen LogP contribution in [-0.2, 0) is 5.41 Å². The smallest absolute Gasteiger partial charge is 0.276 e. The molecule has 17 heavy (non-hydrogen) atoms. The van der Waals surface area contributed by atoms with Gasteiger partial charge >= 0.3 is 0 Å². The van der Waals surface area contributed by atoms with Gasteiger partial charge in [-0.15, -0.1) is 0 Å². The van der Waals surface area contributed by atoms with Crippen LogP contribution < -0.4 is 5.73 Å². The van der Waals surface area contributed by atoms with Crippen LogP contribution in [0, 0.1) is 17.0 Å². The lowest BCUT2D eigenvalue weighted by atomic mass is 9.74. The number of hydrogen-bond donors (Lipinski definition) is 1. The average Bonchev–Trinajstić information content (AvgIpc) is 2.97. The van der Waals surface area contributed by atoms with Gasteiger partial charge in [-0.3, -0.25) is 10.1 Å². The Labute approximate surface area is 101 Å². The van der Waals surface area contributed by atoms with Crippen LogP contribution in [0.2, 0.25) is 0 Å². The molecule has 1 aliphatic rings. The molecule has 92 valence electrons. The molecule has 1 aromatic rings. The molecule has 0 radical (unpaired) electrons.